The maximum Gasteiger partial charge on any atom is 0.246 e. The molecule has 0 bridgehead atoms. The van der Waals surface area contributed by atoms with Crippen LogP contribution in [0.1, 0.15) is 19.4 Å². The van der Waals surface area contributed by atoms with Crippen LogP contribution >= 0.6 is 0 Å². The summed E-state index contributed by atoms with van der Waals surface area (Å²) in [5.74, 6) is -2.26. The third kappa shape index (κ3) is 4.04. The molecule has 22 heavy (non-hydrogen) atoms. The number of hydrogen-bond donors (Lipinski definition) is 2. The SMILES string of the molecule is CCc1cccc(NC(C)C(=O)Nc2ccc(F)c(F)c2)c1. The Morgan fingerprint density at radius 2 is 1.86 bits per heavy atom. The summed E-state index contributed by atoms with van der Waals surface area (Å²) < 4.78 is 26.0. The van der Waals surface area contributed by atoms with Crippen LogP contribution in [0.2, 0.25) is 0 Å². The number of amides is 1. The Morgan fingerprint density at radius 3 is 2.55 bits per heavy atom. The summed E-state index contributed by atoms with van der Waals surface area (Å²) in [7, 11) is 0. The maximum absolute atomic E-state index is 13.1. The summed E-state index contributed by atoms with van der Waals surface area (Å²) in [5.41, 5.74) is 2.23. The van der Waals surface area contributed by atoms with Gasteiger partial charge in [-0.1, -0.05) is 19.1 Å². The van der Waals surface area contributed by atoms with Crippen LogP contribution < -0.4 is 10.6 Å². The summed E-state index contributed by atoms with van der Waals surface area (Å²) in [6, 6.07) is 10.5. The molecule has 0 saturated carbocycles. The molecule has 5 heteroatoms. The van der Waals surface area contributed by atoms with Crippen LogP contribution in [0.15, 0.2) is 42.5 Å². The quantitative estimate of drug-likeness (QED) is 0.877. The van der Waals surface area contributed by atoms with E-state index in [1.165, 1.54) is 11.6 Å². The van der Waals surface area contributed by atoms with Crippen molar-refractivity contribution in [3.8, 4) is 0 Å². The van der Waals surface area contributed by atoms with Gasteiger partial charge in [0, 0.05) is 17.4 Å². The number of rotatable bonds is 5. The lowest BCUT2D eigenvalue weighted by Gasteiger charge is -2.16. The van der Waals surface area contributed by atoms with Crippen LogP contribution in [0.25, 0.3) is 0 Å². The van der Waals surface area contributed by atoms with Gasteiger partial charge in [0.15, 0.2) is 11.6 Å². The van der Waals surface area contributed by atoms with Crippen LogP contribution in [0, 0.1) is 11.6 Å². The number of carbonyl (C=O) groups is 1. The van der Waals surface area contributed by atoms with Crippen molar-refractivity contribution in [3.63, 3.8) is 0 Å². The third-order valence-corrected chi connectivity index (χ3v) is 3.30. The topological polar surface area (TPSA) is 41.1 Å². The summed E-state index contributed by atoms with van der Waals surface area (Å²) >= 11 is 0. The molecule has 116 valence electrons. The average Bonchev–Trinajstić information content (AvgIpc) is 2.51. The molecule has 0 aliphatic carbocycles. The van der Waals surface area contributed by atoms with Crippen LogP contribution in [0.4, 0.5) is 20.2 Å². The molecule has 0 aliphatic rings. The lowest BCUT2D eigenvalue weighted by atomic mass is 10.1. The van der Waals surface area contributed by atoms with Crippen molar-refractivity contribution in [2.75, 3.05) is 10.6 Å². The molecular formula is C17H18F2N2O. The van der Waals surface area contributed by atoms with Gasteiger partial charge in [-0.05, 0) is 43.2 Å². The Kier molecular flexibility index (Phi) is 5.09. The zero-order valence-corrected chi connectivity index (χ0v) is 12.5. The first-order valence-electron chi connectivity index (χ1n) is 7.11. The standard InChI is InChI=1S/C17H18F2N2O/c1-3-12-5-4-6-13(9-12)20-11(2)17(22)21-14-7-8-15(18)16(19)10-14/h4-11,20H,3H2,1-2H3,(H,21,22). The number of anilines is 2. The second-order valence-electron chi connectivity index (χ2n) is 5.04. The molecule has 0 spiro atoms. The van der Waals surface area contributed by atoms with Gasteiger partial charge >= 0.3 is 0 Å². The number of benzene rings is 2. The molecule has 2 aromatic rings. The van der Waals surface area contributed by atoms with E-state index in [0.717, 1.165) is 24.2 Å². The largest absolute Gasteiger partial charge is 0.374 e. The molecule has 3 nitrogen and oxygen atoms in total. The van der Waals surface area contributed by atoms with Gasteiger partial charge in [0.2, 0.25) is 5.91 Å². The van der Waals surface area contributed by atoms with E-state index in [4.69, 9.17) is 0 Å². The van der Waals surface area contributed by atoms with Crippen molar-refractivity contribution in [1.82, 2.24) is 0 Å². The first kappa shape index (κ1) is 15.9. The van der Waals surface area contributed by atoms with Crippen molar-refractivity contribution >= 4 is 17.3 Å². The molecule has 0 saturated heterocycles. The molecule has 0 fully saturated rings. The number of hydrogen-bond acceptors (Lipinski definition) is 2. The van der Waals surface area contributed by atoms with Crippen molar-refractivity contribution in [2.24, 2.45) is 0 Å². The van der Waals surface area contributed by atoms with E-state index in [1.54, 1.807) is 6.92 Å². The van der Waals surface area contributed by atoms with E-state index in [1.807, 2.05) is 24.3 Å². The predicted octanol–water partition coefficient (Wildman–Crippen LogP) is 3.97. The van der Waals surface area contributed by atoms with Crippen molar-refractivity contribution in [1.29, 1.82) is 0 Å². The lowest BCUT2D eigenvalue weighted by Crippen LogP contribution is -2.31. The fourth-order valence-corrected chi connectivity index (χ4v) is 2.02. The van der Waals surface area contributed by atoms with E-state index in [2.05, 4.69) is 17.6 Å². The smallest absolute Gasteiger partial charge is 0.246 e. The van der Waals surface area contributed by atoms with Crippen LogP contribution in [-0.2, 0) is 11.2 Å². The van der Waals surface area contributed by atoms with Crippen LogP contribution in [-0.4, -0.2) is 11.9 Å². The number of nitrogens with one attached hydrogen (secondary N) is 2. The second-order valence-corrected chi connectivity index (χ2v) is 5.04. The van der Waals surface area contributed by atoms with E-state index >= 15 is 0 Å². The molecule has 0 aliphatic heterocycles. The van der Waals surface area contributed by atoms with E-state index in [0.29, 0.717) is 0 Å². The van der Waals surface area contributed by atoms with Gasteiger partial charge in [0.05, 0.1) is 0 Å². The van der Waals surface area contributed by atoms with Gasteiger partial charge in [-0.15, -0.1) is 0 Å². The average molecular weight is 304 g/mol. The van der Waals surface area contributed by atoms with Gasteiger partial charge in [0.25, 0.3) is 0 Å². The van der Waals surface area contributed by atoms with E-state index in [9.17, 15) is 13.6 Å². The minimum atomic E-state index is -0.992. The van der Waals surface area contributed by atoms with E-state index < -0.39 is 17.7 Å². The molecule has 0 aromatic heterocycles. The Labute approximate surface area is 128 Å². The third-order valence-electron chi connectivity index (χ3n) is 3.30. The zero-order chi connectivity index (χ0) is 16.1. The first-order chi connectivity index (χ1) is 10.5. The summed E-state index contributed by atoms with van der Waals surface area (Å²) in [6.45, 7) is 3.76. The lowest BCUT2D eigenvalue weighted by molar-refractivity contribution is -0.116. The molecule has 2 N–H and O–H groups in total. The number of aryl methyl sites for hydroxylation is 1. The molecule has 1 unspecified atom stereocenters. The van der Waals surface area contributed by atoms with Crippen LogP contribution in [0.3, 0.4) is 0 Å². The van der Waals surface area contributed by atoms with Gasteiger partial charge in [0.1, 0.15) is 6.04 Å². The normalized spacial score (nSPS) is 11.8. The van der Waals surface area contributed by atoms with Crippen molar-refractivity contribution in [3.05, 3.63) is 59.7 Å². The highest BCUT2D eigenvalue weighted by molar-refractivity contribution is 5.96. The molecular weight excluding hydrogens is 286 g/mol. The van der Waals surface area contributed by atoms with Crippen LogP contribution in [0.5, 0.6) is 0 Å². The number of halogens is 2. The minimum absolute atomic E-state index is 0.222. The number of carbonyl (C=O) groups excluding carboxylic acids is 1. The Balaban J connectivity index is 2.00. The molecule has 2 aromatic carbocycles. The van der Waals surface area contributed by atoms with Crippen molar-refractivity contribution in [2.45, 2.75) is 26.3 Å². The fourth-order valence-electron chi connectivity index (χ4n) is 2.02. The summed E-state index contributed by atoms with van der Waals surface area (Å²) in [4.78, 5) is 12.1. The first-order valence-corrected chi connectivity index (χ1v) is 7.11. The summed E-state index contributed by atoms with van der Waals surface area (Å²) in [5, 5.41) is 5.63. The summed E-state index contributed by atoms with van der Waals surface area (Å²) in [6.07, 6.45) is 0.908. The second kappa shape index (κ2) is 7.02. The predicted molar refractivity (Wildman–Crippen MR) is 83.9 cm³/mol. The van der Waals surface area contributed by atoms with Gasteiger partial charge in [-0.3, -0.25) is 4.79 Å². The Bertz CT molecular complexity index is 673. The molecule has 2 rings (SSSR count). The highest BCUT2D eigenvalue weighted by Crippen LogP contribution is 2.15. The molecule has 1 amide bonds. The maximum atomic E-state index is 13.1. The van der Waals surface area contributed by atoms with Crippen molar-refractivity contribution < 1.29 is 13.6 Å². The highest BCUT2D eigenvalue weighted by atomic mass is 19.2. The Hall–Kier alpha value is -2.43. The minimum Gasteiger partial charge on any atom is -0.374 e. The monoisotopic (exact) mass is 304 g/mol. The molecule has 1 atom stereocenters. The van der Waals surface area contributed by atoms with Gasteiger partial charge < -0.3 is 10.6 Å². The van der Waals surface area contributed by atoms with E-state index in [-0.39, 0.29) is 11.6 Å². The molecule has 0 heterocycles. The highest BCUT2D eigenvalue weighted by Gasteiger charge is 2.14. The van der Waals surface area contributed by atoms with Gasteiger partial charge in [-0.2, -0.15) is 0 Å². The Morgan fingerprint density at radius 1 is 1.09 bits per heavy atom. The zero-order valence-electron chi connectivity index (χ0n) is 12.5. The molecule has 0 radical (unpaired) electrons. The fraction of sp³-hybridized carbons (Fsp3) is 0.235. The van der Waals surface area contributed by atoms with Gasteiger partial charge in [-0.25, -0.2) is 8.78 Å².